The van der Waals surface area contributed by atoms with E-state index in [1.54, 1.807) is 6.07 Å². The van der Waals surface area contributed by atoms with Gasteiger partial charge in [0.1, 0.15) is 5.75 Å². The molecule has 0 amide bonds. The molecule has 0 bridgehead atoms. The quantitative estimate of drug-likeness (QED) is 0.825. The van der Waals surface area contributed by atoms with Gasteiger partial charge >= 0.3 is 0 Å². The Labute approximate surface area is 103 Å². The standard InChI is InChI=1S/C14H21NO2/c1-14(17)6-3-8-15(9-7-14)11-12-4-2-5-13(16)10-12/h2,4-5,10,16-17H,3,6-9,11H2,1H3. The minimum atomic E-state index is -0.506. The molecule has 0 spiro atoms. The number of hydrogen-bond donors (Lipinski definition) is 2. The molecular weight excluding hydrogens is 214 g/mol. The molecule has 3 nitrogen and oxygen atoms in total. The van der Waals surface area contributed by atoms with Crippen LogP contribution in [0.5, 0.6) is 5.75 Å². The second-order valence-electron chi connectivity index (χ2n) is 5.30. The summed E-state index contributed by atoms with van der Waals surface area (Å²) in [6.45, 7) is 4.71. The average molecular weight is 235 g/mol. The summed E-state index contributed by atoms with van der Waals surface area (Å²) in [5.74, 6) is 0.323. The van der Waals surface area contributed by atoms with E-state index >= 15 is 0 Å². The summed E-state index contributed by atoms with van der Waals surface area (Å²) in [6, 6.07) is 7.40. The summed E-state index contributed by atoms with van der Waals surface area (Å²) in [5.41, 5.74) is 0.625. The fourth-order valence-corrected chi connectivity index (χ4v) is 2.39. The Hall–Kier alpha value is -1.06. The predicted molar refractivity (Wildman–Crippen MR) is 67.9 cm³/mol. The zero-order valence-corrected chi connectivity index (χ0v) is 10.4. The van der Waals surface area contributed by atoms with E-state index in [1.807, 2.05) is 25.1 Å². The molecule has 1 unspecified atom stereocenters. The summed E-state index contributed by atoms with van der Waals surface area (Å²) in [5, 5.41) is 19.4. The fourth-order valence-electron chi connectivity index (χ4n) is 2.39. The number of likely N-dealkylation sites (tertiary alicyclic amines) is 1. The number of rotatable bonds is 2. The molecule has 1 aliphatic rings. The van der Waals surface area contributed by atoms with Crippen molar-refractivity contribution >= 4 is 0 Å². The van der Waals surface area contributed by atoms with Crippen molar-refractivity contribution in [2.75, 3.05) is 13.1 Å². The summed E-state index contributed by atoms with van der Waals surface area (Å²) >= 11 is 0. The molecule has 0 aromatic heterocycles. The molecule has 17 heavy (non-hydrogen) atoms. The molecule has 94 valence electrons. The van der Waals surface area contributed by atoms with Crippen LogP contribution >= 0.6 is 0 Å². The largest absolute Gasteiger partial charge is 0.508 e. The number of phenols is 1. The zero-order chi connectivity index (χ0) is 12.3. The molecule has 1 aromatic carbocycles. The maximum Gasteiger partial charge on any atom is 0.115 e. The van der Waals surface area contributed by atoms with Crippen LogP contribution in [0.15, 0.2) is 24.3 Å². The summed E-state index contributed by atoms with van der Waals surface area (Å²) in [4.78, 5) is 2.34. The highest BCUT2D eigenvalue weighted by molar-refractivity contribution is 5.27. The lowest BCUT2D eigenvalue weighted by Crippen LogP contribution is -2.28. The van der Waals surface area contributed by atoms with Gasteiger partial charge in [-0.15, -0.1) is 0 Å². The van der Waals surface area contributed by atoms with Crippen molar-refractivity contribution in [1.82, 2.24) is 4.90 Å². The number of nitrogens with zero attached hydrogens (tertiary/aromatic N) is 1. The van der Waals surface area contributed by atoms with Crippen molar-refractivity contribution in [3.05, 3.63) is 29.8 Å². The van der Waals surface area contributed by atoms with Crippen LogP contribution in [0.4, 0.5) is 0 Å². The van der Waals surface area contributed by atoms with Gasteiger partial charge in [0.2, 0.25) is 0 Å². The van der Waals surface area contributed by atoms with Crippen LogP contribution in [-0.4, -0.2) is 33.8 Å². The van der Waals surface area contributed by atoms with Crippen molar-refractivity contribution in [3.63, 3.8) is 0 Å². The Morgan fingerprint density at radius 1 is 1.29 bits per heavy atom. The van der Waals surface area contributed by atoms with Gasteiger partial charge in [-0.2, -0.15) is 0 Å². The van der Waals surface area contributed by atoms with E-state index in [1.165, 1.54) is 0 Å². The first kappa shape index (κ1) is 12.4. The molecule has 0 aliphatic carbocycles. The Morgan fingerprint density at radius 2 is 2.12 bits per heavy atom. The minimum Gasteiger partial charge on any atom is -0.508 e. The third kappa shape index (κ3) is 3.72. The highest BCUT2D eigenvalue weighted by atomic mass is 16.3. The molecule has 0 saturated carbocycles. The Kier molecular flexibility index (Phi) is 3.69. The molecule has 1 fully saturated rings. The van der Waals surface area contributed by atoms with E-state index < -0.39 is 5.60 Å². The van der Waals surface area contributed by atoms with Crippen LogP contribution in [0.25, 0.3) is 0 Å². The smallest absolute Gasteiger partial charge is 0.115 e. The van der Waals surface area contributed by atoms with Gasteiger partial charge in [0.15, 0.2) is 0 Å². The van der Waals surface area contributed by atoms with E-state index in [2.05, 4.69) is 4.90 Å². The second kappa shape index (κ2) is 5.07. The Morgan fingerprint density at radius 3 is 2.88 bits per heavy atom. The molecule has 1 saturated heterocycles. The molecule has 0 radical (unpaired) electrons. The monoisotopic (exact) mass is 235 g/mol. The van der Waals surface area contributed by atoms with Gasteiger partial charge in [-0.05, 0) is 50.4 Å². The number of aliphatic hydroxyl groups is 1. The summed E-state index contributed by atoms with van der Waals surface area (Å²) < 4.78 is 0. The summed E-state index contributed by atoms with van der Waals surface area (Å²) in [6.07, 6.45) is 2.74. The van der Waals surface area contributed by atoms with Crippen molar-refractivity contribution in [1.29, 1.82) is 0 Å². The van der Waals surface area contributed by atoms with Gasteiger partial charge in [-0.25, -0.2) is 0 Å². The number of aromatic hydroxyl groups is 1. The first-order valence-electron chi connectivity index (χ1n) is 6.28. The van der Waals surface area contributed by atoms with Gasteiger partial charge in [-0.1, -0.05) is 12.1 Å². The van der Waals surface area contributed by atoms with Gasteiger partial charge in [0.25, 0.3) is 0 Å². The van der Waals surface area contributed by atoms with Crippen LogP contribution in [0.3, 0.4) is 0 Å². The normalized spacial score (nSPS) is 26.7. The summed E-state index contributed by atoms with van der Waals surface area (Å²) in [7, 11) is 0. The van der Waals surface area contributed by atoms with E-state index in [0.717, 1.165) is 44.5 Å². The highest BCUT2D eigenvalue weighted by Crippen LogP contribution is 2.22. The van der Waals surface area contributed by atoms with Crippen molar-refractivity contribution in [3.8, 4) is 5.75 Å². The number of hydrogen-bond acceptors (Lipinski definition) is 3. The van der Waals surface area contributed by atoms with Crippen molar-refractivity contribution in [2.24, 2.45) is 0 Å². The van der Waals surface area contributed by atoms with E-state index in [4.69, 9.17) is 0 Å². The van der Waals surface area contributed by atoms with Crippen LogP contribution < -0.4 is 0 Å². The SMILES string of the molecule is CC1(O)CCCN(Cc2cccc(O)c2)CC1. The molecule has 3 heteroatoms. The second-order valence-corrected chi connectivity index (χ2v) is 5.30. The molecule has 1 aliphatic heterocycles. The molecule has 2 N–H and O–H groups in total. The van der Waals surface area contributed by atoms with Crippen LogP contribution in [0.1, 0.15) is 31.7 Å². The predicted octanol–water partition coefficient (Wildman–Crippen LogP) is 2.13. The van der Waals surface area contributed by atoms with E-state index in [0.29, 0.717) is 5.75 Å². The first-order valence-corrected chi connectivity index (χ1v) is 6.28. The lowest BCUT2D eigenvalue weighted by atomic mass is 9.98. The maximum atomic E-state index is 10.0. The van der Waals surface area contributed by atoms with Gasteiger partial charge < -0.3 is 10.2 Å². The molecule has 1 aromatic rings. The third-order valence-electron chi connectivity index (χ3n) is 3.47. The van der Waals surface area contributed by atoms with Crippen LogP contribution in [0.2, 0.25) is 0 Å². The topological polar surface area (TPSA) is 43.7 Å². The lowest BCUT2D eigenvalue weighted by molar-refractivity contribution is 0.0444. The molecular formula is C14H21NO2. The third-order valence-corrected chi connectivity index (χ3v) is 3.47. The van der Waals surface area contributed by atoms with Crippen LogP contribution in [0, 0.1) is 0 Å². The van der Waals surface area contributed by atoms with Gasteiger partial charge in [0.05, 0.1) is 5.60 Å². The Bertz CT molecular complexity index is 376. The maximum absolute atomic E-state index is 10.0. The highest BCUT2D eigenvalue weighted by Gasteiger charge is 2.24. The van der Waals surface area contributed by atoms with Gasteiger partial charge in [-0.3, -0.25) is 4.90 Å². The zero-order valence-electron chi connectivity index (χ0n) is 10.4. The number of benzene rings is 1. The molecule has 2 rings (SSSR count). The lowest BCUT2D eigenvalue weighted by Gasteiger charge is -2.22. The first-order chi connectivity index (χ1) is 8.05. The minimum absolute atomic E-state index is 0.323. The molecule has 1 heterocycles. The van der Waals surface area contributed by atoms with Gasteiger partial charge in [0, 0.05) is 13.1 Å². The molecule has 1 atom stereocenters. The van der Waals surface area contributed by atoms with E-state index in [-0.39, 0.29) is 0 Å². The average Bonchev–Trinajstić information content (AvgIpc) is 2.41. The Balaban J connectivity index is 1.95. The van der Waals surface area contributed by atoms with E-state index in [9.17, 15) is 10.2 Å². The van der Waals surface area contributed by atoms with Crippen molar-refractivity contribution in [2.45, 2.75) is 38.3 Å². The number of phenolic OH excluding ortho intramolecular Hbond substituents is 1. The van der Waals surface area contributed by atoms with Crippen LogP contribution in [-0.2, 0) is 6.54 Å². The fraction of sp³-hybridized carbons (Fsp3) is 0.571. The van der Waals surface area contributed by atoms with Crippen molar-refractivity contribution < 1.29 is 10.2 Å².